The maximum absolute atomic E-state index is 13.0. The van der Waals surface area contributed by atoms with Crippen molar-refractivity contribution >= 4 is 28.0 Å². The van der Waals surface area contributed by atoms with Crippen LogP contribution in [0.4, 0.5) is 5.00 Å². The summed E-state index contributed by atoms with van der Waals surface area (Å²) in [6.07, 6.45) is 0.804. The second kappa shape index (κ2) is 8.61. The van der Waals surface area contributed by atoms with E-state index in [9.17, 15) is 14.4 Å². The van der Waals surface area contributed by atoms with Crippen LogP contribution in [0, 0.1) is 0 Å². The van der Waals surface area contributed by atoms with E-state index in [0.29, 0.717) is 11.1 Å². The van der Waals surface area contributed by atoms with Crippen LogP contribution in [-0.4, -0.2) is 27.7 Å². The summed E-state index contributed by atoms with van der Waals surface area (Å²) in [5.41, 5.74) is 4.16. The molecule has 1 amide bonds. The number of pyridine rings is 1. The lowest BCUT2D eigenvalue weighted by Gasteiger charge is -2.30. The number of Topliss-reactive ketones (excluding diaryl/α,β-unsaturated/α-hetero) is 1. The van der Waals surface area contributed by atoms with Gasteiger partial charge in [0.2, 0.25) is 5.91 Å². The monoisotopic (exact) mass is 435 g/mol. The van der Waals surface area contributed by atoms with Gasteiger partial charge in [0.15, 0.2) is 5.78 Å². The molecule has 3 aromatic rings. The van der Waals surface area contributed by atoms with Gasteiger partial charge in [-0.15, -0.1) is 11.3 Å². The zero-order valence-corrected chi connectivity index (χ0v) is 18.7. The van der Waals surface area contributed by atoms with E-state index < -0.39 is 0 Å². The Morgan fingerprint density at radius 3 is 2.68 bits per heavy atom. The van der Waals surface area contributed by atoms with Crippen molar-refractivity contribution in [2.75, 3.05) is 11.9 Å². The lowest BCUT2D eigenvalue weighted by atomic mass is 9.97. The fourth-order valence-corrected chi connectivity index (χ4v) is 5.06. The van der Waals surface area contributed by atoms with Crippen LogP contribution < -0.4 is 10.9 Å². The third-order valence-corrected chi connectivity index (χ3v) is 6.59. The summed E-state index contributed by atoms with van der Waals surface area (Å²) in [4.78, 5) is 39.6. The highest BCUT2D eigenvalue weighted by molar-refractivity contribution is 7.16. The highest BCUT2D eigenvalue weighted by Crippen LogP contribution is 2.27. The van der Waals surface area contributed by atoms with Crippen molar-refractivity contribution < 1.29 is 9.59 Å². The van der Waals surface area contributed by atoms with Crippen LogP contribution in [0.2, 0.25) is 0 Å². The van der Waals surface area contributed by atoms with Gasteiger partial charge in [0.25, 0.3) is 5.56 Å². The van der Waals surface area contributed by atoms with E-state index in [2.05, 4.69) is 10.2 Å². The van der Waals surface area contributed by atoms with Crippen molar-refractivity contribution in [2.24, 2.45) is 7.05 Å². The second-order valence-electron chi connectivity index (χ2n) is 7.94. The van der Waals surface area contributed by atoms with Crippen molar-refractivity contribution in [1.29, 1.82) is 0 Å². The van der Waals surface area contributed by atoms with E-state index in [1.165, 1.54) is 18.7 Å². The smallest absolute Gasteiger partial charge is 0.258 e. The third kappa shape index (κ3) is 4.52. The highest BCUT2D eigenvalue weighted by atomic mass is 32.1. The molecule has 4 rings (SSSR count). The summed E-state index contributed by atoms with van der Waals surface area (Å²) >= 11 is 1.59. The van der Waals surface area contributed by atoms with Gasteiger partial charge in [0.05, 0.1) is 5.00 Å². The number of hydrogen-bond acceptors (Lipinski definition) is 5. The number of thiophene rings is 1. The summed E-state index contributed by atoms with van der Waals surface area (Å²) in [6, 6.07) is 13.2. The van der Waals surface area contributed by atoms with Gasteiger partial charge in [-0.2, -0.15) is 0 Å². The zero-order chi connectivity index (χ0) is 22.1. The Hall–Kier alpha value is -3.03. The fourth-order valence-electron chi connectivity index (χ4n) is 4.06. The highest BCUT2D eigenvalue weighted by Gasteiger charge is 2.22. The number of anilines is 1. The largest absolute Gasteiger partial charge is 0.318 e. The van der Waals surface area contributed by atoms with Crippen LogP contribution in [0.25, 0.3) is 11.1 Å². The molecule has 0 unspecified atom stereocenters. The average molecular weight is 436 g/mol. The molecule has 7 heteroatoms. The average Bonchev–Trinajstić information content (AvgIpc) is 3.16. The minimum atomic E-state index is -0.0670. The topological polar surface area (TPSA) is 71.4 Å². The summed E-state index contributed by atoms with van der Waals surface area (Å²) in [5, 5.41) is 3.69. The van der Waals surface area contributed by atoms with Crippen LogP contribution in [0.15, 0.2) is 47.3 Å². The van der Waals surface area contributed by atoms with E-state index >= 15 is 0 Å². The standard InChI is InChI=1S/C24H25N3O3S/c1-15(28)17-5-4-6-18(11-17)21-12-19-13-27(10-9-22(19)26(3)24(21)30)14-20-7-8-23(31-20)25-16(2)29/h4-8,11-12H,9-10,13-14H2,1-3H3,(H,25,29). The molecule has 0 aliphatic carbocycles. The molecular formula is C24H25N3O3S. The molecule has 1 N–H and O–H groups in total. The molecule has 1 aromatic carbocycles. The summed E-state index contributed by atoms with van der Waals surface area (Å²) in [6.45, 7) is 5.45. The number of benzene rings is 1. The van der Waals surface area contributed by atoms with Crippen LogP contribution in [0.3, 0.4) is 0 Å². The number of aromatic nitrogens is 1. The van der Waals surface area contributed by atoms with E-state index in [0.717, 1.165) is 47.9 Å². The second-order valence-corrected chi connectivity index (χ2v) is 9.11. The van der Waals surface area contributed by atoms with Crippen molar-refractivity contribution in [3.8, 4) is 11.1 Å². The Balaban J connectivity index is 1.61. The number of ketones is 1. The first-order chi connectivity index (χ1) is 14.8. The Bertz CT molecular complexity index is 1230. The number of fused-ring (bicyclic) bond motifs is 1. The van der Waals surface area contributed by atoms with Gasteiger partial charge in [-0.1, -0.05) is 18.2 Å². The predicted molar refractivity (Wildman–Crippen MR) is 124 cm³/mol. The molecular weight excluding hydrogens is 410 g/mol. The van der Waals surface area contributed by atoms with Gasteiger partial charge < -0.3 is 9.88 Å². The van der Waals surface area contributed by atoms with Crippen molar-refractivity contribution in [1.82, 2.24) is 9.47 Å². The SMILES string of the molecule is CC(=O)Nc1ccc(CN2CCc3c(cc(-c4cccc(C(C)=O)c4)c(=O)n3C)C2)s1. The number of carbonyl (C=O) groups excluding carboxylic acids is 2. The van der Waals surface area contributed by atoms with Crippen LogP contribution in [0.5, 0.6) is 0 Å². The molecule has 1 aliphatic heterocycles. The first-order valence-corrected chi connectivity index (χ1v) is 11.1. The van der Waals surface area contributed by atoms with E-state index in [-0.39, 0.29) is 17.2 Å². The number of carbonyl (C=O) groups is 2. The number of amides is 1. The fraction of sp³-hybridized carbons (Fsp3) is 0.292. The van der Waals surface area contributed by atoms with E-state index in [4.69, 9.17) is 0 Å². The van der Waals surface area contributed by atoms with E-state index in [1.807, 2.05) is 37.4 Å². The predicted octanol–water partition coefficient (Wildman–Crippen LogP) is 3.83. The third-order valence-electron chi connectivity index (χ3n) is 5.61. The van der Waals surface area contributed by atoms with Gasteiger partial charge in [-0.05, 0) is 42.3 Å². The Labute approximate surface area is 185 Å². The number of rotatable bonds is 5. The van der Waals surface area contributed by atoms with Crippen molar-refractivity contribution in [3.05, 3.63) is 74.5 Å². The molecule has 31 heavy (non-hydrogen) atoms. The zero-order valence-electron chi connectivity index (χ0n) is 17.9. The molecule has 0 saturated carbocycles. The molecule has 0 atom stereocenters. The molecule has 0 saturated heterocycles. The van der Waals surface area contributed by atoms with Crippen molar-refractivity contribution in [2.45, 2.75) is 33.4 Å². The van der Waals surface area contributed by atoms with Crippen molar-refractivity contribution in [3.63, 3.8) is 0 Å². The van der Waals surface area contributed by atoms with Gasteiger partial charge >= 0.3 is 0 Å². The first-order valence-electron chi connectivity index (χ1n) is 10.2. The van der Waals surface area contributed by atoms with Crippen LogP contribution in [0.1, 0.15) is 40.3 Å². The number of nitrogens with zero attached hydrogens (tertiary/aromatic N) is 2. The normalized spacial score (nSPS) is 13.6. The Morgan fingerprint density at radius 2 is 1.94 bits per heavy atom. The molecule has 160 valence electrons. The molecule has 3 heterocycles. The molecule has 0 radical (unpaired) electrons. The molecule has 6 nitrogen and oxygen atoms in total. The molecule has 0 fully saturated rings. The maximum atomic E-state index is 13.0. The van der Waals surface area contributed by atoms with Gasteiger partial charge in [-0.25, -0.2) is 0 Å². The quantitative estimate of drug-likeness (QED) is 0.619. The molecule has 1 aliphatic rings. The van der Waals surface area contributed by atoms with E-state index in [1.54, 1.807) is 28.0 Å². The van der Waals surface area contributed by atoms with Gasteiger partial charge in [0.1, 0.15) is 0 Å². The van der Waals surface area contributed by atoms with Crippen LogP contribution in [-0.2, 0) is 31.4 Å². The maximum Gasteiger partial charge on any atom is 0.258 e. The summed E-state index contributed by atoms with van der Waals surface area (Å²) in [7, 11) is 1.83. The first kappa shape index (κ1) is 21.2. The van der Waals surface area contributed by atoms with Crippen LogP contribution >= 0.6 is 11.3 Å². The summed E-state index contributed by atoms with van der Waals surface area (Å²) < 4.78 is 1.75. The lowest BCUT2D eigenvalue weighted by Crippen LogP contribution is -2.35. The number of nitrogens with one attached hydrogen (secondary N) is 1. The number of hydrogen-bond donors (Lipinski definition) is 1. The summed E-state index contributed by atoms with van der Waals surface area (Å²) in [5.74, 6) is -0.0834. The van der Waals surface area contributed by atoms with Gasteiger partial charge in [-0.3, -0.25) is 19.3 Å². The Morgan fingerprint density at radius 1 is 1.13 bits per heavy atom. The molecule has 0 bridgehead atoms. The minimum absolute atomic E-state index is 0.0163. The lowest BCUT2D eigenvalue weighted by molar-refractivity contribution is -0.114. The molecule has 0 spiro atoms. The molecule has 2 aromatic heterocycles. The Kier molecular flexibility index (Phi) is 5.89. The van der Waals surface area contributed by atoms with Gasteiger partial charge in [0, 0.05) is 61.7 Å². The minimum Gasteiger partial charge on any atom is -0.318 e.